The van der Waals surface area contributed by atoms with Crippen LogP contribution in [0.3, 0.4) is 0 Å². The van der Waals surface area contributed by atoms with Crippen LogP contribution in [0, 0.1) is 0 Å². The molecule has 1 aliphatic heterocycles. The van der Waals surface area contributed by atoms with Gasteiger partial charge in [0, 0.05) is 25.8 Å². The number of nitrogen functional groups attached to an aromatic ring is 1. The topological polar surface area (TPSA) is 87.8 Å². The van der Waals surface area contributed by atoms with Crippen LogP contribution in [0.2, 0.25) is 0 Å². The number of piperidine rings is 1. The van der Waals surface area contributed by atoms with Crippen LogP contribution in [0.25, 0.3) is 0 Å². The van der Waals surface area contributed by atoms with Crippen molar-refractivity contribution in [2.75, 3.05) is 44.0 Å². The first-order valence-electron chi connectivity index (χ1n) is 7.24. The second-order valence-electron chi connectivity index (χ2n) is 5.14. The number of anilines is 2. The third-order valence-electron chi connectivity index (χ3n) is 3.72. The number of carbonyl (C=O) groups is 1. The van der Waals surface area contributed by atoms with Crippen molar-refractivity contribution in [2.45, 2.75) is 18.9 Å². The zero-order chi connectivity index (χ0) is 15.2. The number of nitrogens with one attached hydrogen (secondary N) is 1. The molecule has 0 bridgehead atoms. The molecule has 1 aromatic rings. The van der Waals surface area contributed by atoms with E-state index in [-0.39, 0.29) is 18.6 Å². The van der Waals surface area contributed by atoms with E-state index in [1.54, 1.807) is 19.2 Å². The molecule has 1 aliphatic rings. The number of nitrogens with two attached hydrogens (primary N) is 1. The lowest BCUT2D eigenvalue weighted by Crippen LogP contribution is -2.38. The van der Waals surface area contributed by atoms with E-state index < -0.39 is 0 Å². The second kappa shape index (κ2) is 7.28. The van der Waals surface area contributed by atoms with Crippen molar-refractivity contribution in [3.8, 4) is 0 Å². The summed E-state index contributed by atoms with van der Waals surface area (Å²) in [6, 6.07) is 5.35. The zero-order valence-corrected chi connectivity index (χ0v) is 12.3. The monoisotopic (exact) mass is 293 g/mol. The predicted molar refractivity (Wildman–Crippen MR) is 82.5 cm³/mol. The van der Waals surface area contributed by atoms with Gasteiger partial charge in [-0.05, 0) is 31.0 Å². The third-order valence-corrected chi connectivity index (χ3v) is 3.72. The van der Waals surface area contributed by atoms with Crippen LogP contribution >= 0.6 is 0 Å². The Labute approximate surface area is 124 Å². The van der Waals surface area contributed by atoms with Gasteiger partial charge in [-0.25, -0.2) is 0 Å². The van der Waals surface area contributed by atoms with E-state index in [0.29, 0.717) is 17.9 Å². The Bertz CT molecular complexity index is 485. The molecular weight excluding hydrogens is 270 g/mol. The lowest BCUT2D eigenvalue weighted by Gasteiger charge is -2.34. The van der Waals surface area contributed by atoms with Crippen LogP contribution in [0.15, 0.2) is 18.2 Å². The van der Waals surface area contributed by atoms with E-state index >= 15 is 0 Å². The largest absolute Gasteiger partial charge is 0.399 e. The molecule has 0 unspecified atom stereocenters. The van der Waals surface area contributed by atoms with Crippen molar-refractivity contribution >= 4 is 17.3 Å². The summed E-state index contributed by atoms with van der Waals surface area (Å²) >= 11 is 0. The molecule has 21 heavy (non-hydrogen) atoms. The van der Waals surface area contributed by atoms with E-state index in [1.807, 2.05) is 6.07 Å². The number of ether oxygens (including phenoxy) is 1. The van der Waals surface area contributed by atoms with Gasteiger partial charge in [-0.15, -0.1) is 0 Å². The Balaban J connectivity index is 2.09. The zero-order valence-electron chi connectivity index (χ0n) is 12.3. The normalized spacial score (nSPS) is 16.0. The standard InChI is InChI=1S/C15H23N3O3/c1-17-15(20)13-3-2-11(16)10-14(13)18-6-4-12(5-7-18)21-9-8-19/h2-3,10,12,19H,4-9,16H2,1H3,(H,17,20). The number of nitrogens with zero attached hydrogens (tertiary/aromatic N) is 1. The summed E-state index contributed by atoms with van der Waals surface area (Å²) in [5.41, 5.74) is 8.02. The minimum Gasteiger partial charge on any atom is -0.399 e. The molecule has 4 N–H and O–H groups in total. The van der Waals surface area contributed by atoms with E-state index in [0.717, 1.165) is 31.6 Å². The maximum atomic E-state index is 12.0. The number of amides is 1. The summed E-state index contributed by atoms with van der Waals surface area (Å²) < 4.78 is 5.56. The summed E-state index contributed by atoms with van der Waals surface area (Å²) in [6.07, 6.45) is 1.93. The summed E-state index contributed by atoms with van der Waals surface area (Å²) in [6.45, 7) is 2.05. The Kier molecular flexibility index (Phi) is 5.41. The number of rotatable bonds is 5. The molecule has 0 radical (unpaired) electrons. The fourth-order valence-corrected chi connectivity index (χ4v) is 2.62. The maximum Gasteiger partial charge on any atom is 0.253 e. The van der Waals surface area contributed by atoms with Crippen LogP contribution in [-0.4, -0.2) is 50.5 Å². The van der Waals surface area contributed by atoms with E-state index in [2.05, 4.69) is 10.2 Å². The Hall–Kier alpha value is -1.79. The van der Waals surface area contributed by atoms with Crippen molar-refractivity contribution in [2.24, 2.45) is 0 Å². The Morgan fingerprint density at radius 2 is 2.19 bits per heavy atom. The lowest BCUT2D eigenvalue weighted by molar-refractivity contribution is 0.0159. The van der Waals surface area contributed by atoms with Gasteiger partial charge in [-0.3, -0.25) is 4.79 Å². The highest BCUT2D eigenvalue weighted by atomic mass is 16.5. The van der Waals surface area contributed by atoms with Crippen LogP contribution < -0.4 is 16.0 Å². The van der Waals surface area contributed by atoms with E-state index in [4.69, 9.17) is 15.6 Å². The predicted octanol–water partition coefficient (Wildman–Crippen LogP) is 0.606. The molecule has 1 aromatic carbocycles. The van der Waals surface area contributed by atoms with Crippen molar-refractivity contribution in [3.63, 3.8) is 0 Å². The molecule has 0 atom stereocenters. The number of hydrogen-bond donors (Lipinski definition) is 3. The van der Waals surface area contributed by atoms with Gasteiger partial charge in [0.1, 0.15) is 0 Å². The van der Waals surface area contributed by atoms with Gasteiger partial charge in [-0.1, -0.05) is 0 Å². The highest BCUT2D eigenvalue weighted by Gasteiger charge is 2.23. The van der Waals surface area contributed by atoms with Crippen molar-refractivity contribution in [1.29, 1.82) is 0 Å². The molecule has 6 heteroatoms. The number of benzene rings is 1. The first kappa shape index (κ1) is 15.6. The quantitative estimate of drug-likeness (QED) is 0.692. The molecule has 0 aliphatic carbocycles. The first-order chi connectivity index (χ1) is 10.2. The summed E-state index contributed by atoms with van der Waals surface area (Å²) in [4.78, 5) is 14.1. The summed E-state index contributed by atoms with van der Waals surface area (Å²) in [5, 5.41) is 11.4. The van der Waals surface area contributed by atoms with Crippen LogP contribution in [0.5, 0.6) is 0 Å². The third kappa shape index (κ3) is 3.86. The lowest BCUT2D eigenvalue weighted by atomic mass is 10.0. The second-order valence-corrected chi connectivity index (χ2v) is 5.14. The highest BCUT2D eigenvalue weighted by Crippen LogP contribution is 2.27. The smallest absolute Gasteiger partial charge is 0.253 e. The molecule has 1 amide bonds. The number of aliphatic hydroxyl groups excluding tert-OH is 1. The van der Waals surface area contributed by atoms with Gasteiger partial charge in [-0.2, -0.15) is 0 Å². The number of aliphatic hydroxyl groups is 1. The van der Waals surface area contributed by atoms with Crippen LogP contribution in [0.4, 0.5) is 11.4 Å². The highest BCUT2D eigenvalue weighted by molar-refractivity contribution is 6.00. The molecule has 0 aromatic heterocycles. The summed E-state index contributed by atoms with van der Waals surface area (Å²) in [7, 11) is 1.62. The van der Waals surface area contributed by atoms with Gasteiger partial charge >= 0.3 is 0 Å². The van der Waals surface area contributed by atoms with Gasteiger partial charge in [0.05, 0.1) is 30.6 Å². The maximum absolute atomic E-state index is 12.0. The molecule has 0 spiro atoms. The molecular formula is C15H23N3O3. The Morgan fingerprint density at radius 3 is 2.81 bits per heavy atom. The molecule has 6 nitrogen and oxygen atoms in total. The first-order valence-corrected chi connectivity index (χ1v) is 7.24. The molecule has 1 fully saturated rings. The average molecular weight is 293 g/mol. The van der Waals surface area contributed by atoms with Gasteiger partial charge in [0.2, 0.25) is 0 Å². The average Bonchev–Trinajstić information content (AvgIpc) is 2.52. The molecule has 116 valence electrons. The van der Waals surface area contributed by atoms with Crippen LogP contribution in [0.1, 0.15) is 23.2 Å². The fraction of sp³-hybridized carbons (Fsp3) is 0.533. The van der Waals surface area contributed by atoms with E-state index in [9.17, 15) is 4.79 Å². The van der Waals surface area contributed by atoms with E-state index in [1.165, 1.54) is 0 Å². The minimum atomic E-state index is -0.108. The fourth-order valence-electron chi connectivity index (χ4n) is 2.62. The SMILES string of the molecule is CNC(=O)c1ccc(N)cc1N1CCC(OCCO)CC1. The molecule has 1 saturated heterocycles. The summed E-state index contributed by atoms with van der Waals surface area (Å²) in [5.74, 6) is -0.108. The van der Waals surface area contributed by atoms with Gasteiger partial charge < -0.3 is 25.8 Å². The Morgan fingerprint density at radius 1 is 1.48 bits per heavy atom. The van der Waals surface area contributed by atoms with Gasteiger partial charge in [0.25, 0.3) is 5.91 Å². The molecule has 0 saturated carbocycles. The molecule has 1 heterocycles. The minimum absolute atomic E-state index is 0.0518. The van der Waals surface area contributed by atoms with Crippen molar-refractivity contribution < 1.29 is 14.6 Å². The van der Waals surface area contributed by atoms with Crippen LogP contribution in [-0.2, 0) is 4.74 Å². The number of carbonyl (C=O) groups excluding carboxylic acids is 1. The number of hydrogen-bond acceptors (Lipinski definition) is 5. The van der Waals surface area contributed by atoms with Crippen molar-refractivity contribution in [3.05, 3.63) is 23.8 Å². The molecule has 2 rings (SSSR count). The van der Waals surface area contributed by atoms with Crippen molar-refractivity contribution in [1.82, 2.24) is 5.32 Å². The van der Waals surface area contributed by atoms with Gasteiger partial charge in [0.15, 0.2) is 0 Å².